The molecule has 3 heterocycles. The second-order valence-electron chi connectivity index (χ2n) is 5.63. The number of nitrogens with zero attached hydrogens (tertiary/aromatic N) is 1. The van der Waals surface area contributed by atoms with Crippen LogP contribution in [0.2, 0.25) is 0 Å². The number of ether oxygens (including phenoxy) is 2. The highest BCUT2D eigenvalue weighted by atomic mass is 16.5. The SMILES string of the molecule is Cc1cccc(OC2CCOC3(CCNCC3)C2)n1. The zero-order valence-corrected chi connectivity index (χ0v) is 11.5. The summed E-state index contributed by atoms with van der Waals surface area (Å²) in [6, 6.07) is 5.93. The predicted molar refractivity (Wildman–Crippen MR) is 73.4 cm³/mol. The quantitative estimate of drug-likeness (QED) is 0.886. The standard InChI is InChI=1S/C15H22N2O2/c1-12-3-2-4-14(17-12)19-13-5-10-18-15(11-13)6-8-16-9-7-15/h2-4,13,16H,5-11H2,1H3. The van der Waals surface area contributed by atoms with Crippen molar-refractivity contribution >= 4 is 0 Å². The van der Waals surface area contributed by atoms with Crippen LogP contribution in [0.5, 0.6) is 5.88 Å². The Hall–Kier alpha value is -1.13. The molecule has 104 valence electrons. The van der Waals surface area contributed by atoms with Crippen LogP contribution in [-0.4, -0.2) is 36.4 Å². The lowest BCUT2D eigenvalue weighted by Gasteiger charge is -2.43. The molecule has 1 spiro atoms. The summed E-state index contributed by atoms with van der Waals surface area (Å²) in [5, 5.41) is 3.40. The van der Waals surface area contributed by atoms with Gasteiger partial charge in [-0.25, -0.2) is 4.98 Å². The summed E-state index contributed by atoms with van der Waals surface area (Å²) in [7, 11) is 0. The van der Waals surface area contributed by atoms with Crippen LogP contribution in [0.15, 0.2) is 18.2 Å². The zero-order chi connectivity index (χ0) is 13.1. The van der Waals surface area contributed by atoms with Gasteiger partial charge < -0.3 is 14.8 Å². The highest BCUT2D eigenvalue weighted by Crippen LogP contribution is 2.34. The van der Waals surface area contributed by atoms with Crippen molar-refractivity contribution in [2.45, 2.75) is 44.3 Å². The van der Waals surface area contributed by atoms with E-state index in [0.29, 0.717) is 0 Å². The minimum atomic E-state index is 0.0397. The Kier molecular flexibility index (Phi) is 3.71. The molecule has 1 aromatic rings. The fraction of sp³-hybridized carbons (Fsp3) is 0.667. The van der Waals surface area contributed by atoms with E-state index in [4.69, 9.17) is 9.47 Å². The van der Waals surface area contributed by atoms with Gasteiger partial charge in [0.05, 0.1) is 12.2 Å². The van der Waals surface area contributed by atoms with Crippen LogP contribution < -0.4 is 10.1 Å². The summed E-state index contributed by atoms with van der Waals surface area (Å²) in [5.41, 5.74) is 1.04. The maximum absolute atomic E-state index is 6.06. The van der Waals surface area contributed by atoms with Gasteiger partial charge in [0, 0.05) is 24.6 Å². The summed E-state index contributed by atoms with van der Waals surface area (Å²) >= 11 is 0. The van der Waals surface area contributed by atoms with E-state index in [1.54, 1.807) is 0 Å². The Morgan fingerprint density at radius 2 is 2.21 bits per heavy atom. The Bertz CT molecular complexity index is 424. The van der Waals surface area contributed by atoms with Crippen molar-refractivity contribution in [3.8, 4) is 5.88 Å². The van der Waals surface area contributed by atoms with Crippen molar-refractivity contribution < 1.29 is 9.47 Å². The summed E-state index contributed by atoms with van der Waals surface area (Å²) in [6.45, 7) is 4.90. The molecule has 19 heavy (non-hydrogen) atoms. The summed E-state index contributed by atoms with van der Waals surface area (Å²) < 4.78 is 12.1. The first-order chi connectivity index (χ1) is 9.26. The number of aromatic nitrogens is 1. The first kappa shape index (κ1) is 12.9. The first-order valence-corrected chi connectivity index (χ1v) is 7.21. The van der Waals surface area contributed by atoms with Crippen LogP contribution >= 0.6 is 0 Å². The van der Waals surface area contributed by atoms with E-state index in [2.05, 4.69) is 10.3 Å². The molecule has 4 nitrogen and oxygen atoms in total. The lowest BCUT2D eigenvalue weighted by atomic mass is 9.84. The van der Waals surface area contributed by atoms with Gasteiger partial charge in [-0.1, -0.05) is 6.07 Å². The molecule has 2 aliphatic rings. The van der Waals surface area contributed by atoms with Crippen LogP contribution in [0.3, 0.4) is 0 Å². The van der Waals surface area contributed by atoms with Crippen molar-refractivity contribution in [1.82, 2.24) is 10.3 Å². The average molecular weight is 262 g/mol. The predicted octanol–water partition coefficient (Wildman–Crippen LogP) is 2.07. The van der Waals surface area contributed by atoms with Gasteiger partial charge in [-0.05, 0) is 38.9 Å². The second-order valence-corrected chi connectivity index (χ2v) is 5.63. The maximum Gasteiger partial charge on any atom is 0.213 e. The first-order valence-electron chi connectivity index (χ1n) is 7.21. The highest BCUT2D eigenvalue weighted by molar-refractivity contribution is 5.15. The molecule has 2 aliphatic heterocycles. The normalized spacial score (nSPS) is 26.3. The maximum atomic E-state index is 6.06. The molecule has 0 amide bonds. The topological polar surface area (TPSA) is 43.4 Å². The van der Waals surface area contributed by atoms with E-state index in [0.717, 1.165) is 57.0 Å². The summed E-state index contributed by atoms with van der Waals surface area (Å²) in [5.74, 6) is 0.746. The molecular weight excluding hydrogens is 240 g/mol. The molecule has 0 bridgehead atoms. The highest BCUT2D eigenvalue weighted by Gasteiger charge is 2.39. The van der Waals surface area contributed by atoms with Crippen molar-refractivity contribution in [1.29, 1.82) is 0 Å². The van der Waals surface area contributed by atoms with E-state index in [1.165, 1.54) is 0 Å². The molecule has 2 fully saturated rings. The third-order valence-corrected chi connectivity index (χ3v) is 4.11. The third kappa shape index (κ3) is 3.07. The fourth-order valence-electron chi connectivity index (χ4n) is 3.07. The van der Waals surface area contributed by atoms with Gasteiger partial charge in [-0.15, -0.1) is 0 Å². The van der Waals surface area contributed by atoms with Gasteiger partial charge in [0.25, 0.3) is 0 Å². The molecule has 0 aliphatic carbocycles. The number of aryl methyl sites for hydroxylation is 1. The number of hydrogen-bond acceptors (Lipinski definition) is 4. The summed E-state index contributed by atoms with van der Waals surface area (Å²) in [6.07, 6.45) is 4.37. The Balaban J connectivity index is 1.65. The van der Waals surface area contributed by atoms with Gasteiger partial charge >= 0.3 is 0 Å². The molecule has 1 aromatic heterocycles. The molecule has 4 heteroatoms. The number of pyridine rings is 1. The second kappa shape index (κ2) is 5.47. The van der Waals surface area contributed by atoms with Gasteiger partial charge in [-0.2, -0.15) is 0 Å². The summed E-state index contributed by atoms with van der Waals surface area (Å²) in [4.78, 5) is 4.43. The fourth-order valence-corrected chi connectivity index (χ4v) is 3.07. The van der Waals surface area contributed by atoms with Gasteiger partial charge in [0.1, 0.15) is 6.10 Å². The van der Waals surface area contributed by atoms with Crippen LogP contribution in [0.1, 0.15) is 31.4 Å². The zero-order valence-electron chi connectivity index (χ0n) is 11.5. The van der Waals surface area contributed by atoms with Crippen molar-refractivity contribution in [2.75, 3.05) is 19.7 Å². The smallest absolute Gasteiger partial charge is 0.213 e. The minimum Gasteiger partial charge on any atom is -0.474 e. The molecular formula is C15H22N2O2. The van der Waals surface area contributed by atoms with Crippen LogP contribution in [0.4, 0.5) is 0 Å². The van der Waals surface area contributed by atoms with E-state index < -0.39 is 0 Å². The van der Waals surface area contributed by atoms with Crippen molar-refractivity contribution in [2.24, 2.45) is 0 Å². The molecule has 1 N–H and O–H groups in total. The Morgan fingerprint density at radius 3 is 3.00 bits per heavy atom. The van der Waals surface area contributed by atoms with E-state index >= 15 is 0 Å². The van der Waals surface area contributed by atoms with Crippen LogP contribution in [-0.2, 0) is 4.74 Å². The number of nitrogens with one attached hydrogen (secondary N) is 1. The van der Waals surface area contributed by atoms with Crippen molar-refractivity contribution in [3.05, 3.63) is 23.9 Å². The van der Waals surface area contributed by atoms with Crippen LogP contribution in [0, 0.1) is 6.92 Å². The lowest BCUT2D eigenvalue weighted by molar-refractivity contribution is -0.126. The molecule has 3 rings (SSSR count). The average Bonchev–Trinajstić information content (AvgIpc) is 2.40. The Morgan fingerprint density at radius 1 is 1.37 bits per heavy atom. The number of piperidine rings is 1. The lowest BCUT2D eigenvalue weighted by Crippen LogP contribution is -2.50. The van der Waals surface area contributed by atoms with Gasteiger partial charge in [0.2, 0.25) is 5.88 Å². The van der Waals surface area contributed by atoms with E-state index in [9.17, 15) is 0 Å². The van der Waals surface area contributed by atoms with Crippen LogP contribution in [0.25, 0.3) is 0 Å². The van der Waals surface area contributed by atoms with Gasteiger partial charge in [-0.3, -0.25) is 0 Å². The van der Waals surface area contributed by atoms with E-state index in [-0.39, 0.29) is 11.7 Å². The molecule has 1 unspecified atom stereocenters. The molecule has 1 atom stereocenters. The molecule has 0 aromatic carbocycles. The van der Waals surface area contributed by atoms with Gasteiger partial charge in [0.15, 0.2) is 0 Å². The Labute approximate surface area is 114 Å². The molecule has 0 radical (unpaired) electrons. The number of rotatable bonds is 2. The molecule has 0 saturated carbocycles. The third-order valence-electron chi connectivity index (χ3n) is 4.11. The molecule has 2 saturated heterocycles. The largest absolute Gasteiger partial charge is 0.474 e. The monoisotopic (exact) mass is 262 g/mol. The number of hydrogen-bond donors (Lipinski definition) is 1. The van der Waals surface area contributed by atoms with Crippen molar-refractivity contribution in [3.63, 3.8) is 0 Å². The minimum absolute atomic E-state index is 0.0397. The van der Waals surface area contributed by atoms with E-state index in [1.807, 2.05) is 25.1 Å².